The SMILES string of the molecule is COc1ccc(OC(F)F)cc1S(=O)(=O)Cl. The molecule has 0 bridgehead atoms. The lowest BCUT2D eigenvalue weighted by Gasteiger charge is -2.08. The molecule has 16 heavy (non-hydrogen) atoms. The van der Waals surface area contributed by atoms with Crippen LogP contribution < -0.4 is 9.47 Å². The predicted molar refractivity (Wildman–Crippen MR) is 52.7 cm³/mol. The fraction of sp³-hybridized carbons (Fsp3) is 0.250. The molecule has 0 heterocycles. The van der Waals surface area contributed by atoms with Crippen molar-refractivity contribution >= 4 is 19.7 Å². The minimum absolute atomic E-state index is 0.0448. The normalized spacial score (nSPS) is 11.6. The highest BCUT2D eigenvalue weighted by Crippen LogP contribution is 2.31. The van der Waals surface area contributed by atoms with Gasteiger partial charge in [0.15, 0.2) is 0 Å². The molecule has 0 radical (unpaired) electrons. The summed E-state index contributed by atoms with van der Waals surface area (Å²) in [4.78, 5) is -0.421. The number of hydrogen-bond acceptors (Lipinski definition) is 4. The molecule has 90 valence electrons. The highest BCUT2D eigenvalue weighted by molar-refractivity contribution is 8.13. The molecule has 0 fully saturated rings. The van der Waals surface area contributed by atoms with Gasteiger partial charge in [-0.2, -0.15) is 8.78 Å². The average molecular weight is 273 g/mol. The van der Waals surface area contributed by atoms with Gasteiger partial charge in [-0.15, -0.1) is 0 Å². The third-order valence-electron chi connectivity index (χ3n) is 1.62. The maximum absolute atomic E-state index is 11.9. The van der Waals surface area contributed by atoms with Crippen molar-refractivity contribution in [1.82, 2.24) is 0 Å². The van der Waals surface area contributed by atoms with Gasteiger partial charge in [0.1, 0.15) is 16.4 Å². The number of hydrogen-bond donors (Lipinski definition) is 0. The van der Waals surface area contributed by atoms with Crippen molar-refractivity contribution in [1.29, 1.82) is 0 Å². The van der Waals surface area contributed by atoms with Gasteiger partial charge in [0, 0.05) is 16.7 Å². The van der Waals surface area contributed by atoms with Crippen molar-refractivity contribution in [2.24, 2.45) is 0 Å². The minimum Gasteiger partial charge on any atom is -0.495 e. The van der Waals surface area contributed by atoms with Gasteiger partial charge in [0.2, 0.25) is 0 Å². The molecule has 0 aromatic heterocycles. The van der Waals surface area contributed by atoms with E-state index in [-0.39, 0.29) is 11.5 Å². The minimum atomic E-state index is -4.08. The summed E-state index contributed by atoms with van der Waals surface area (Å²) in [7, 11) is 2.25. The Balaban J connectivity index is 3.22. The molecule has 0 amide bonds. The summed E-state index contributed by atoms with van der Waals surface area (Å²) in [5.74, 6) is -0.355. The zero-order valence-electron chi connectivity index (χ0n) is 7.98. The van der Waals surface area contributed by atoms with E-state index < -0.39 is 20.6 Å². The molecule has 1 rings (SSSR count). The van der Waals surface area contributed by atoms with Crippen LogP contribution in [0.15, 0.2) is 23.1 Å². The molecule has 8 heteroatoms. The second-order valence-corrected chi connectivity index (χ2v) is 5.16. The van der Waals surface area contributed by atoms with Crippen molar-refractivity contribution in [2.45, 2.75) is 11.5 Å². The number of benzene rings is 1. The van der Waals surface area contributed by atoms with E-state index in [1.807, 2.05) is 0 Å². The highest BCUT2D eigenvalue weighted by Gasteiger charge is 2.18. The largest absolute Gasteiger partial charge is 0.495 e. The third kappa shape index (κ3) is 3.21. The first-order valence-corrected chi connectivity index (χ1v) is 6.23. The molecule has 1 aromatic carbocycles. The molecule has 0 N–H and O–H groups in total. The summed E-state index contributed by atoms with van der Waals surface area (Å²) in [6, 6.07) is 3.19. The van der Waals surface area contributed by atoms with Crippen molar-refractivity contribution in [3.05, 3.63) is 18.2 Å². The zero-order chi connectivity index (χ0) is 12.3. The van der Waals surface area contributed by atoms with Gasteiger partial charge >= 0.3 is 6.61 Å². The van der Waals surface area contributed by atoms with Crippen LogP contribution in [0.25, 0.3) is 0 Å². The third-order valence-corrected chi connectivity index (χ3v) is 2.97. The Morgan fingerprint density at radius 2 is 2.00 bits per heavy atom. The van der Waals surface area contributed by atoms with Gasteiger partial charge in [-0.3, -0.25) is 0 Å². The Bertz CT molecular complexity index is 475. The Hall–Kier alpha value is -1.08. The molecule has 1 aromatic rings. The lowest BCUT2D eigenvalue weighted by molar-refractivity contribution is -0.0500. The first-order chi connectivity index (χ1) is 7.34. The second-order valence-electron chi connectivity index (χ2n) is 2.63. The monoisotopic (exact) mass is 272 g/mol. The molecular weight excluding hydrogens is 266 g/mol. The second kappa shape index (κ2) is 4.84. The maximum atomic E-state index is 11.9. The van der Waals surface area contributed by atoms with E-state index in [2.05, 4.69) is 4.74 Å². The first kappa shape index (κ1) is 13.0. The van der Waals surface area contributed by atoms with Crippen molar-refractivity contribution in [2.75, 3.05) is 7.11 Å². The highest BCUT2D eigenvalue weighted by atomic mass is 35.7. The number of halogens is 3. The van der Waals surface area contributed by atoms with Crippen LogP contribution in [-0.4, -0.2) is 22.1 Å². The summed E-state index contributed by atoms with van der Waals surface area (Å²) in [5, 5.41) is 0. The predicted octanol–water partition coefficient (Wildman–Crippen LogP) is 2.22. The number of alkyl halides is 2. The van der Waals surface area contributed by atoms with Crippen LogP contribution in [0, 0.1) is 0 Å². The van der Waals surface area contributed by atoms with E-state index >= 15 is 0 Å². The van der Waals surface area contributed by atoms with E-state index in [4.69, 9.17) is 15.4 Å². The van der Waals surface area contributed by atoms with Crippen LogP contribution in [0.2, 0.25) is 0 Å². The van der Waals surface area contributed by atoms with Crippen LogP contribution in [0.4, 0.5) is 8.78 Å². The Labute approximate surface area is 95.2 Å². The summed E-state index contributed by atoms with van der Waals surface area (Å²) in [5.41, 5.74) is 0. The van der Waals surface area contributed by atoms with Gasteiger partial charge in [-0.25, -0.2) is 8.42 Å². The molecule has 4 nitrogen and oxygen atoms in total. The Kier molecular flexibility index (Phi) is 3.93. The molecule has 0 unspecified atom stereocenters. The van der Waals surface area contributed by atoms with Gasteiger partial charge < -0.3 is 9.47 Å². The van der Waals surface area contributed by atoms with E-state index in [1.165, 1.54) is 13.2 Å². The van der Waals surface area contributed by atoms with Crippen molar-refractivity contribution < 1.29 is 26.7 Å². The molecule has 0 aliphatic carbocycles. The summed E-state index contributed by atoms with van der Waals surface area (Å²) in [6.45, 7) is -3.04. The number of methoxy groups -OCH3 is 1. The van der Waals surface area contributed by atoms with Crippen molar-refractivity contribution in [3.63, 3.8) is 0 Å². The quantitative estimate of drug-likeness (QED) is 0.789. The smallest absolute Gasteiger partial charge is 0.387 e. The topological polar surface area (TPSA) is 52.6 Å². The number of ether oxygens (including phenoxy) is 2. The molecule has 0 saturated heterocycles. The van der Waals surface area contributed by atoms with Crippen LogP contribution >= 0.6 is 10.7 Å². The maximum Gasteiger partial charge on any atom is 0.387 e. The lowest BCUT2D eigenvalue weighted by Crippen LogP contribution is -2.03. The zero-order valence-corrected chi connectivity index (χ0v) is 9.56. The Morgan fingerprint density at radius 1 is 1.38 bits per heavy atom. The fourth-order valence-corrected chi connectivity index (χ4v) is 2.03. The van der Waals surface area contributed by atoms with Crippen LogP contribution in [0.3, 0.4) is 0 Å². The molecule has 0 saturated carbocycles. The van der Waals surface area contributed by atoms with E-state index in [0.717, 1.165) is 12.1 Å². The molecule has 0 atom stereocenters. The van der Waals surface area contributed by atoms with E-state index in [9.17, 15) is 17.2 Å². The average Bonchev–Trinajstić information content (AvgIpc) is 2.15. The summed E-state index contributed by atoms with van der Waals surface area (Å²) in [6.07, 6.45) is 0. The van der Waals surface area contributed by atoms with Gasteiger partial charge in [-0.05, 0) is 12.1 Å². The molecule has 0 aliphatic heterocycles. The standard InChI is InChI=1S/C8H7ClF2O4S/c1-14-6-3-2-5(15-8(10)11)4-7(6)16(9,12)13/h2-4,8H,1H3. The van der Waals surface area contributed by atoms with Crippen LogP contribution in [0.1, 0.15) is 0 Å². The fourth-order valence-electron chi connectivity index (χ4n) is 1.02. The van der Waals surface area contributed by atoms with Gasteiger partial charge in [0.25, 0.3) is 9.05 Å². The molecular formula is C8H7ClF2O4S. The first-order valence-electron chi connectivity index (χ1n) is 3.92. The van der Waals surface area contributed by atoms with Crippen molar-refractivity contribution in [3.8, 4) is 11.5 Å². The summed E-state index contributed by atoms with van der Waals surface area (Å²) >= 11 is 0. The van der Waals surface area contributed by atoms with Crippen LogP contribution in [-0.2, 0) is 9.05 Å². The Morgan fingerprint density at radius 3 is 2.44 bits per heavy atom. The van der Waals surface area contributed by atoms with E-state index in [1.54, 1.807) is 0 Å². The number of rotatable bonds is 4. The molecule has 0 aliphatic rings. The van der Waals surface area contributed by atoms with Crippen LogP contribution in [0.5, 0.6) is 11.5 Å². The van der Waals surface area contributed by atoms with Gasteiger partial charge in [-0.1, -0.05) is 0 Å². The summed E-state index contributed by atoms with van der Waals surface area (Å²) < 4.78 is 54.7. The molecule has 0 spiro atoms. The van der Waals surface area contributed by atoms with E-state index in [0.29, 0.717) is 0 Å². The van der Waals surface area contributed by atoms with Gasteiger partial charge in [0.05, 0.1) is 7.11 Å². The lowest BCUT2D eigenvalue weighted by atomic mass is 10.3.